The molecule has 3 aromatic rings. The van der Waals surface area contributed by atoms with Crippen LogP contribution < -0.4 is 10.9 Å². The molecule has 0 aliphatic heterocycles. The number of carbonyl (C=O) groups is 1. The maximum atomic E-state index is 14.0. The zero-order chi connectivity index (χ0) is 25.8. The first-order valence-electron chi connectivity index (χ1n) is 11.7. The fourth-order valence-electron chi connectivity index (χ4n) is 3.72. The van der Waals surface area contributed by atoms with Crippen molar-refractivity contribution in [3.05, 3.63) is 69.3 Å². The van der Waals surface area contributed by atoms with E-state index in [-0.39, 0.29) is 22.4 Å². The predicted octanol–water partition coefficient (Wildman–Crippen LogP) is 6.59. The number of alkyl halides is 3. The number of carbonyl (C=O) groups excluding carboxylic acids is 1. The van der Waals surface area contributed by atoms with E-state index in [1.165, 1.54) is 6.07 Å². The van der Waals surface area contributed by atoms with Crippen LogP contribution in [0.2, 0.25) is 0 Å². The van der Waals surface area contributed by atoms with E-state index in [9.17, 15) is 22.8 Å². The van der Waals surface area contributed by atoms with Crippen LogP contribution in [0.5, 0.6) is 0 Å². The smallest absolute Gasteiger partial charge is 0.416 e. The Labute approximate surface area is 201 Å². The quantitative estimate of drug-likeness (QED) is 0.262. The summed E-state index contributed by atoms with van der Waals surface area (Å²) >= 11 is 0. The van der Waals surface area contributed by atoms with Crippen molar-refractivity contribution in [2.24, 2.45) is 0 Å². The van der Waals surface area contributed by atoms with Gasteiger partial charge in [-0.25, -0.2) is 9.78 Å². The predicted molar refractivity (Wildman–Crippen MR) is 130 cm³/mol. The van der Waals surface area contributed by atoms with Crippen LogP contribution >= 0.6 is 0 Å². The topological polar surface area (TPSA) is 84.1 Å². The second-order valence-corrected chi connectivity index (χ2v) is 8.73. The van der Waals surface area contributed by atoms with Gasteiger partial charge in [0.15, 0.2) is 0 Å². The molecule has 0 amide bonds. The number of nitrogens with one attached hydrogen (secondary N) is 2. The number of hydrogen-bond donors (Lipinski definition) is 2. The lowest BCUT2D eigenvalue weighted by Crippen LogP contribution is -2.20. The summed E-state index contributed by atoms with van der Waals surface area (Å²) in [6.07, 6.45) is -2.63. The normalized spacial score (nSPS) is 12.7. The number of unbranched alkanes of at least 4 members (excludes halogenated alkanes) is 1. The Morgan fingerprint density at radius 1 is 1.14 bits per heavy atom. The van der Waals surface area contributed by atoms with E-state index in [2.05, 4.69) is 15.3 Å². The number of aromatic amines is 1. The second kappa shape index (κ2) is 10.9. The SMILES string of the molecule is CCCCOC(=O)c1ccc(NC(CC)c2cc3c(=O)[nH]c(C(C)C)nc3cc2C(F)(F)F)cc1. The Hall–Kier alpha value is -3.36. The highest BCUT2D eigenvalue weighted by atomic mass is 19.4. The van der Waals surface area contributed by atoms with Gasteiger partial charge in [-0.15, -0.1) is 0 Å². The molecule has 6 nitrogen and oxygen atoms in total. The van der Waals surface area contributed by atoms with E-state index in [1.807, 2.05) is 6.92 Å². The molecule has 0 saturated carbocycles. The maximum Gasteiger partial charge on any atom is 0.416 e. The molecule has 1 aromatic heterocycles. The molecule has 1 unspecified atom stereocenters. The zero-order valence-corrected chi connectivity index (χ0v) is 20.3. The van der Waals surface area contributed by atoms with Gasteiger partial charge in [-0.05, 0) is 54.8 Å². The number of nitrogens with zero attached hydrogens (tertiary/aromatic N) is 1. The number of esters is 1. The number of benzene rings is 2. The van der Waals surface area contributed by atoms with Crippen molar-refractivity contribution in [3.8, 4) is 0 Å². The minimum absolute atomic E-state index is 0.00863. The van der Waals surface area contributed by atoms with Gasteiger partial charge in [-0.2, -0.15) is 13.2 Å². The number of halogens is 3. The molecule has 0 saturated heterocycles. The highest BCUT2D eigenvalue weighted by molar-refractivity contribution is 5.89. The van der Waals surface area contributed by atoms with Gasteiger partial charge in [0.2, 0.25) is 0 Å². The highest BCUT2D eigenvalue weighted by Gasteiger charge is 2.36. The molecule has 9 heteroatoms. The van der Waals surface area contributed by atoms with Gasteiger partial charge < -0.3 is 15.0 Å². The van der Waals surface area contributed by atoms with E-state index in [0.29, 0.717) is 30.1 Å². The highest BCUT2D eigenvalue weighted by Crippen LogP contribution is 2.38. The third kappa shape index (κ3) is 6.21. The largest absolute Gasteiger partial charge is 0.462 e. The van der Waals surface area contributed by atoms with Crippen molar-refractivity contribution < 1.29 is 22.7 Å². The number of anilines is 1. The molecule has 0 spiro atoms. The van der Waals surface area contributed by atoms with Crippen LogP contribution in [0, 0.1) is 0 Å². The van der Waals surface area contributed by atoms with Crippen molar-refractivity contribution >= 4 is 22.6 Å². The molecule has 3 rings (SSSR count). The molecule has 2 N–H and O–H groups in total. The average Bonchev–Trinajstić information content (AvgIpc) is 2.81. The van der Waals surface area contributed by atoms with Gasteiger partial charge in [0, 0.05) is 11.6 Å². The Kier molecular flexibility index (Phi) is 8.19. The summed E-state index contributed by atoms with van der Waals surface area (Å²) in [5, 5.41) is 3.20. The molecule has 35 heavy (non-hydrogen) atoms. The molecule has 0 aliphatic carbocycles. The van der Waals surface area contributed by atoms with E-state index >= 15 is 0 Å². The summed E-state index contributed by atoms with van der Waals surface area (Å²) in [7, 11) is 0. The van der Waals surface area contributed by atoms with E-state index < -0.39 is 29.3 Å². The fraction of sp³-hybridized carbons (Fsp3) is 0.423. The van der Waals surface area contributed by atoms with Gasteiger partial charge in [0.1, 0.15) is 5.82 Å². The summed E-state index contributed by atoms with van der Waals surface area (Å²) in [4.78, 5) is 31.7. The van der Waals surface area contributed by atoms with Crippen LogP contribution in [0.1, 0.15) is 86.2 Å². The van der Waals surface area contributed by atoms with Crippen molar-refractivity contribution in [1.29, 1.82) is 0 Å². The first-order valence-corrected chi connectivity index (χ1v) is 11.7. The third-order valence-electron chi connectivity index (χ3n) is 5.72. The summed E-state index contributed by atoms with van der Waals surface area (Å²) < 4.78 is 47.3. The molecule has 1 heterocycles. The van der Waals surface area contributed by atoms with Gasteiger partial charge in [0.25, 0.3) is 5.56 Å². The molecule has 0 aliphatic rings. The van der Waals surface area contributed by atoms with Crippen LogP contribution in [-0.4, -0.2) is 22.5 Å². The Morgan fingerprint density at radius 2 is 1.83 bits per heavy atom. The molecule has 0 radical (unpaired) electrons. The zero-order valence-electron chi connectivity index (χ0n) is 20.3. The number of hydrogen-bond acceptors (Lipinski definition) is 5. The summed E-state index contributed by atoms with van der Waals surface area (Å²) in [6.45, 7) is 7.69. The molecular weight excluding hydrogens is 459 g/mol. The molecular formula is C26H30F3N3O3. The van der Waals surface area contributed by atoms with Crippen molar-refractivity contribution in [1.82, 2.24) is 9.97 Å². The summed E-state index contributed by atoms with van der Waals surface area (Å²) in [6, 6.07) is 7.86. The van der Waals surface area contributed by atoms with Crippen LogP contribution in [-0.2, 0) is 10.9 Å². The van der Waals surface area contributed by atoms with Crippen LogP contribution in [0.15, 0.2) is 41.2 Å². The first-order chi connectivity index (χ1) is 16.5. The van der Waals surface area contributed by atoms with Gasteiger partial charge in [0.05, 0.1) is 34.7 Å². The number of fused-ring (bicyclic) bond motifs is 1. The van der Waals surface area contributed by atoms with Crippen molar-refractivity contribution in [3.63, 3.8) is 0 Å². The number of rotatable bonds is 9. The van der Waals surface area contributed by atoms with Crippen molar-refractivity contribution in [2.45, 2.75) is 65.1 Å². The van der Waals surface area contributed by atoms with Gasteiger partial charge in [-0.1, -0.05) is 34.1 Å². The molecule has 0 bridgehead atoms. The van der Waals surface area contributed by atoms with Crippen LogP contribution in [0.25, 0.3) is 10.9 Å². The van der Waals surface area contributed by atoms with E-state index in [4.69, 9.17) is 4.74 Å². The molecule has 0 fully saturated rings. The number of ether oxygens (including phenoxy) is 1. The van der Waals surface area contributed by atoms with Crippen molar-refractivity contribution in [2.75, 3.05) is 11.9 Å². The second-order valence-electron chi connectivity index (χ2n) is 8.73. The Balaban J connectivity index is 1.96. The average molecular weight is 490 g/mol. The van der Waals surface area contributed by atoms with Crippen LogP contribution in [0.3, 0.4) is 0 Å². The lowest BCUT2D eigenvalue weighted by molar-refractivity contribution is -0.138. The minimum Gasteiger partial charge on any atom is -0.462 e. The first kappa shape index (κ1) is 26.2. The summed E-state index contributed by atoms with van der Waals surface area (Å²) in [5.74, 6) is -0.252. The number of H-pyrrole nitrogens is 1. The Bertz CT molecular complexity index is 1230. The van der Waals surface area contributed by atoms with Crippen LogP contribution in [0.4, 0.5) is 18.9 Å². The van der Waals surface area contributed by atoms with Gasteiger partial charge >= 0.3 is 12.1 Å². The molecule has 1 atom stereocenters. The van der Waals surface area contributed by atoms with Gasteiger partial charge in [-0.3, -0.25) is 4.79 Å². The standard InChI is InChI=1S/C26H30F3N3O3/c1-5-7-12-35-25(34)16-8-10-17(11-9-16)30-21(6-2)18-13-19-22(14-20(18)26(27,28)29)31-23(15(3)4)32-24(19)33/h8-11,13-15,21,30H,5-7,12H2,1-4H3,(H,31,32,33). The molecule has 2 aromatic carbocycles. The lowest BCUT2D eigenvalue weighted by atomic mass is 9.95. The monoisotopic (exact) mass is 489 g/mol. The summed E-state index contributed by atoms with van der Waals surface area (Å²) in [5.41, 5.74) is -0.450. The number of aromatic nitrogens is 2. The van der Waals surface area contributed by atoms with E-state index in [1.54, 1.807) is 45.0 Å². The third-order valence-corrected chi connectivity index (χ3v) is 5.72. The maximum absolute atomic E-state index is 14.0. The Morgan fingerprint density at radius 3 is 2.40 bits per heavy atom. The molecule has 188 valence electrons. The minimum atomic E-state index is -4.63. The van der Waals surface area contributed by atoms with E-state index in [0.717, 1.165) is 18.9 Å². The lowest BCUT2D eigenvalue weighted by Gasteiger charge is -2.23. The fourth-order valence-corrected chi connectivity index (χ4v) is 3.72.